The number of thiophene rings is 1. The van der Waals surface area contributed by atoms with E-state index >= 15 is 0 Å². The van der Waals surface area contributed by atoms with Crippen molar-refractivity contribution in [3.8, 4) is 0 Å². The normalized spacial score (nSPS) is 12.6. The van der Waals surface area contributed by atoms with Gasteiger partial charge in [0.15, 0.2) is 0 Å². The molecule has 0 aromatic carbocycles. The average Bonchev–Trinajstić information content (AvgIpc) is 2.73. The molecule has 0 aliphatic heterocycles. The molecule has 0 amide bonds. The molecular formula is C13H15BrN2S. The fourth-order valence-corrected chi connectivity index (χ4v) is 3.40. The Labute approximate surface area is 114 Å². The van der Waals surface area contributed by atoms with E-state index in [9.17, 15) is 0 Å². The van der Waals surface area contributed by atoms with E-state index in [4.69, 9.17) is 0 Å². The van der Waals surface area contributed by atoms with Crippen molar-refractivity contribution in [2.24, 2.45) is 0 Å². The minimum atomic E-state index is 0.351. The fraction of sp³-hybridized carbons (Fsp3) is 0.308. The molecule has 2 nitrogen and oxygen atoms in total. The number of likely N-dealkylation sites (N-methyl/N-ethyl adjacent to an activating group) is 1. The van der Waals surface area contributed by atoms with E-state index in [0.717, 1.165) is 6.42 Å². The largest absolute Gasteiger partial charge is 0.313 e. The van der Waals surface area contributed by atoms with Gasteiger partial charge in [0.05, 0.1) is 0 Å². The van der Waals surface area contributed by atoms with E-state index in [1.54, 1.807) is 11.3 Å². The predicted octanol–water partition coefficient (Wildman–Crippen LogP) is 3.72. The lowest BCUT2D eigenvalue weighted by Crippen LogP contribution is -2.19. The van der Waals surface area contributed by atoms with Gasteiger partial charge in [-0.15, -0.1) is 11.3 Å². The van der Waals surface area contributed by atoms with Crippen LogP contribution in [0.2, 0.25) is 0 Å². The zero-order chi connectivity index (χ0) is 12.3. The number of halogens is 1. The molecule has 2 rings (SSSR count). The van der Waals surface area contributed by atoms with Gasteiger partial charge in [0.25, 0.3) is 0 Å². The van der Waals surface area contributed by atoms with Crippen molar-refractivity contribution in [1.29, 1.82) is 0 Å². The number of pyridine rings is 1. The molecule has 0 aliphatic carbocycles. The first-order chi connectivity index (χ1) is 8.20. The molecule has 1 atom stereocenters. The topological polar surface area (TPSA) is 24.9 Å². The van der Waals surface area contributed by atoms with Gasteiger partial charge in [0.2, 0.25) is 0 Å². The van der Waals surface area contributed by atoms with Crippen LogP contribution >= 0.6 is 27.3 Å². The van der Waals surface area contributed by atoms with Gasteiger partial charge >= 0.3 is 0 Å². The van der Waals surface area contributed by atoms with Crippen LogP contribution in [0, 0.1) is 6.92 Å². The summed E-state index contributed by atoms with van der Waals surface area (Å²) in [6, 6.07) is 4.63. The predicted molar refractivity (Wildman–Crippen MR) is 76.5 cm³/mol. The lowest BCUT2D eigenvalue weighted by Gasteiger charge is -2.17. The van der Waals surface area contributed by atoms with E-state index in [0.29, 0.717) is 6.04 Å². The molecule has 0 radical (unpaired) electrons. The molecule has 1 N–H and O–H groups in total. The zero-order valence-corrected chi connectivity index (χ0v) is 12.3. The molecule has 0 saturated heterocycles. The van der Waals surface area contributed by atoms with E-state index in [-0.39, 0.29) is 0 Å². The highest BCUT2D eigenvalue weighted by Crippen LogP contribution is 2.26. The Morgan fingerprint density at radius 1 is 1.53 bits per heavy atom. The fourth-order valence-electron chi connectivity index (χ4n) is 1.90. The monoisotopic (exact) mass is 310 g/mol. The van der Waals surface area contributed by atoms with Gasteiger partial charge in [-0.3, -0.25) is 4.98 Å². The maximum absolute atomic E-state index is 4.14. The first-order valence-corrected chi connectivity index (χ1v) is 7.18. The molecule has 0 aliphatic rings. The van der Waals surface area contributed by atoms with E-state index in [2.05, 4.69) is 50.7 Å². The maximum atomic E-state index is 4.14. The highest BCUT2D eigenvalue weighted by atomic mass is 79.9. The molecule has 0 spiro atoms. The molecule has 0 bridgehead atoms. The smallest absolute Gasteiger partial charge is 0.0370 e. The number of hydrogen-bond acceptors (Lipinski definition) is 3. The Balaban J connectivity index is 2.20. The second-order valence-electron chi connectivity index (χ2n) is 4.01. The van der Waals surface area contributed by atoms with Crippen molar-refractivity contribution >= 4 is 27.3 Å². The summed E-state index contributed by atoms with van der Waals surface area (Å²) in [5.74, 6) is 0. The van der Waals surface area contributed by atoms with Gasteiger partial charge < -0.3 is 5.32 Å². The first-order valence-electron chi connectivity index (χ1n) is 5.51. The highest BCUT2D eigenvalue weighted by molar-refractivity contribution is 9.10. The quantitative estimate of drug-likeness (QED) is 0.931. The molecule has 0 fully saturated rings. The lowest BCUT2D eigenvalue weighted by atomic mass is 10.0. The van der Waals surface area contributed by atoms with Crippen molar-refractivity contribution in [3.63, 3.8) is 0 Å². The molecule has 4 heteroatoms. The lowest BCUT2D eigenvalue weighted by molar-refractivity contribution is 0.592. The summed E-state index contributed by atoms with van der Waals surface area (Å²) in [4.78, 5) is 5.52. The third-order valence-corrected chi connectivity index (χ3v) is 4.53. The Morgan fingerprint density at radius 3 is 2.94 bits per heavy atom. The summed E-state index contributed by atoms with van der Waals surface area (Å²) in [7, 11) is 2.01. The standard InChI is InChI=1S/C13H15BrN2S/c1-9-7-16-4-3-12(9)13(15-2)6-11-5-10(14)8-17-11/h3-5,7-8,13,15H,6H2,1-2H3. The summed E-state index contributed by atoms with van der Waals surface area (Å²) in [6.07, 6.45) is 4.79. The first kappa shape index (κ1) is 12.7. The van der Waals surface area contributed by atoms with Crippen molar-refractivity contribution in [2.75, 3.05) is 7.05 Å². The van der Waals surface area contributed by atoms with Gasteiger partial charge in [0, 0.05) is 39.6 Å². The van der Waals surface area contributed by atoms with E-state index < -0.39 is 0 Å². The van der Waals surface area contributed by atoms with Gasteiger partial charge in [-0.2, -0.15) is 0 Å². The van der Waals surface area contributed by atoms with Crippen LogP contribution in [0.15, 0.2) is 34.4 Å². The molecule has 0 saturated carbocycles. The molecule has 90 valence electrons. The van der Waals surface area contributed by atoms with Crippen LogP contribution in [0.3, 0.4) is 0 Å². The number of aryl methyl sites for hydroxylation is 1. The van der Waals surface area contributed by atoms with E-state index in [1.165, 1.54) is 20.5 Å². The zero-order valence-electron chi connectivity index (χ0n) is 9.90. The van der Waals surface area contributed by atoms with Crippen LogP contribution in [0.5, 0.6) is 0 Å². The van der Waals surface area contributed by atoms with Gasteiger partial charge in [-0.25, -0.2) is 0 Å². The summed E-state index contributed by atoms with van der Waals surface area (Å²) < 4.78 is 1.17. The number of rotatable bonds is 4. The van der Waals surface area contributed by atoms with Crippen LogP contribution < -0.4 is 5.32 Å². The van der Waals surface area contributed by atoms with Crippen LogP contribution in [-0.2, 0) is 6.42 Å². The summed E-state index contributed by atoms with van der Waals surface area (Å²) in [5, 5.41) is 5.51. The van der Waals surface area contributed by atoms with Crippen molar-refractivity contribution in [2.45, 2.75) is 19.4 Å². The van der Waals surface area contributed by atoms with Gasteiger partial charge in [-0.1, -0.05) is 0 Å². The molecule has 2 aromatic rings. The number of nitrogens with one attached hydrogen (secondary N) is 1. The molecule has 17 heavy (non-hydrogen) atoms. The van der Waals surface area contributed by atoms with Crippen molar-refractivity contribution < 1.29 is 0 Å². The third kappa shape index (κ3) is 3.15. The molecule has 2 heterocycles. The van der Waals surface area contributed by atoms with Crippen LogP contribution in [0.4, 0.5) is 0 Å². The van der Waals surface area contributed by atoms with Crippen molar-refractivity contribution in [3.05, 3.63) is 50.4 Å². The number of aromatic nitrogens is 1. The summed E-state index contributed by atoms with van der Waals surface area (Å²) in [6.45, 7) is 2.11. The van der Waals surface area contributed by atoms with Crippen LogP contribution in [0.1, 0.15) is 22.0 Å². The second-order valence-corrected chi connectivity index (χ2v) is 5.92. The van der Waals surface area contributed by atoms with Crippen LogP contribution in [0.25, 0.3) is 0 Å². The number of nitrogens with zero attached hydrogens (tertiary/aromatic N) is 1. The molecular weight excluding hydrogens is 296 g/mol. The average molecular weight is 311 g/mol. The minimum Gasteiger partial charge on any atom is -0.313 e. The van der Waals surface area contributed by atoms with Crippen molar-refractivity contribution in [1.82, 2.24) is 10.3 Å². The highest BCUT2D eigenvalue weighted by Gasteiger charge is 2.13. The number of hydrogen-bond donors (Lipinski definition) is 1. The SMILES string of the molecule is CNC(Cc1cc(Br)cs1)c1ccncc1C. The Morgan fingerprint density at radius 2 is 2.35 bits per heavy atom. The van der Waals surface area contributed by atoms with Gasteiger partial charge in [0.1, 0.15) is 0 Å². The maximum Gasteiger partial charge on any atom is 0.0370 e. The molecule has 1 unspecified atom stereocenters. The summed E-state index contributed by atoms with van der Waals surface area (Å²) in [5.41, 5.74) is 2.56. The summed E-state index contributed by atoms with van der Waals surface area (Å²) >= 11 is 5.29. The Bertz CT molecular complexity index is 496. The third-order valence-electron chi connectivity index (χ3n) is 2.81. The Kier molecular flexibility index (Phi) is 4.31. The van der Waals surface area contributed by atoms with Crippen LogP contribution in [-0.4, -0.2) is 12.0 Å². The molecule has 2 aromatic heterocycles. The second kappa shape index (κ2) is 5.76. The minimum absolute atomic E-state index is 0.351. The van der Waals surface area contributed by atoms with Gasteiger partial charge in [-0.05, 0) is 53.2 Å². The Hall–Kier alpha value is -0.710. The van der Waals surface area contributed by atoms with E-state index in [1.807, 2.05) is 19.4 Å².